The second kappa shape index (κ2) is 9.53. The number of aliphatic hydroxyl groups is 1. The van der Waals surface area contributed by atoms with Crippen molar-refractivity contribution in [1.82, 2.24) is 15.8 Å². The van der Waals surface area contributed by atoms with Crippen molar-refractivity contribution >= 4 is 11.8 Å². The summed E-state index contributed by atoms with van der Waals surface area (Å²) in [6, 6.07) is 11.4. The highest BCUT2D eigenvalue weighted by molar-refractivity contribution is 7.99. The first kappa shape index (κ1) is 17.8. The molecule has 124 valence electrons. The number of aliphatic hydroxyl groups excluding tert-OH is 1. The molecule has 2 atom stereocenters. The van der Waals surface area contributed by atoms with E-state index >= 15 is 0 Å². The molecule has 1 aromatic carbocycles. The molecule has 0 aromatic heterocycles. The smallest absolute Gasteiger partial charge is 0.0679 e. The van der Waals surface area contributed by atoms with Crippen LogP contribution in [0.5, 0.6) is 0 Å². The van der Waals surface area contributed by atoms with Gasteiger partial charge >= 0.3 is 0 Å². The maximum absolute atomic E-state index is 9.62. The highest BCUT2D eigenvalue weighted by Crippen LogP contribution is 2.19. The van der Waals surface area contributed by atoms with E-state index in [4.69, 9.17) is 0 Å². The summed E-state index contributed by atoms with van der Waals surface area (Å²) in [4.78, 5) is 3.68. The third kappa shape index (κ3) is 6.67. The molecule has 1 aliphatic rings. The van der Waals surface area contributed by atoms with Crippen LogP contribution >= 0.6 is 11.8 Å². The molecule has 1 saturated heterocycles. The van der Waals surface area contributed by atoms with Crippen LogP contribution in [-0.4, -0.2) is 53.6 Å². The average molecular weight is 324 g/mol. The summed E-state index contributed by atoms with van der Waals surface area (Å²) in [7, 11) is 0. The number of hydrogen-bond acceptors (Lipinski definition) is 5. The molecule has 1 aliphatic heterocycles. The molecule has 1 aromatic rings. The van der Waals surface area contributed by atoms with Crippen LogP contribution in [0.2, 0.25) is 0 Å². The molecule has 0 amide bonds. The Labute approximate surface area is 138 Å². The zero-order valence-electron chi connectivity index (χ0n) is 13.7. The van der Waals surface area contributed by atoms with Crippen molar-refractivity contribution < 1.29 is 5.11 Å². The van der Waals surface area contributed by atoms with Gasteiger partial charge in [0.1, 0.15) is 0 Å². The van der Waals surface area contributed by atoms with Gasteiger partial charge in [-0.3, -0.25) is 10.9 Å². The zero-order valence-corrected chi connectivity index (χ0v) is 14.5. The lowest BCUT2D eigenvalue weighted by Gasteiger charge is -2.23. The van der Waals surface area contributed by atoms with Gasteiger partial charge in [-0.2, -0.15) is 0 Å². The molecule has 1 heterocycles. The predicted molar refractivity (Wildman–Crippen MR) is 94.0 cm³/mol. The van der Waals surface area contributed by atoms with Crippen LogP contribution in [-0.2, 0) is 0 Å². The Kier molecular flexibility index (Phi) is 7.69. The predicted octanol–water partition coefficient (Wildman–Crippen LogP) is 2.11. The van der Waals surface area contributed by atoms with Crippen molar-refractivity contribution in [2.75, 3.05) is 25.4 Å². The molecule has 0 radical (unpaired) electrons. The summed E-state index contributed by atoms with van der Waals surface area (Å²) < 4.78 is 0. The Morgan fingerprint density at radius 3 is 2.68 bits per heavy atom. The van der Waals surface area contributed by atoms with E-state index < -0.39 is 0 Å². The van der Waals surface area contributed by atoms with Crippen molar-refractivity contribution in [1.29, 1.82) is 0 Å². The quantitative estimate of drug-likeness (QED) is 0.480. The van der Waals surface area contributed by atoms with Gasteiger partial charge in [-0.15, -0.1) is 11.8 Å². The molecule has 0 saturated carbocycles. The summed E-state index contributed by atoms with van der Waals surface area (Å²) in [5.74, 6) is 1.04. The van der Waals surface area contributed by atoms with Gasteiger partial charge in [-0.1, -0.05) is 18.2 Å². The number of nitrogens with one attached hydrogen (secondary N) is 2. The highest BCUT2D eigenvalue weighted by Gasteiger charge is 2.21. The number of thioether (sulfide) groups is 1. The van der Waals surface area contributed by atoms with Crippen molar-refractivity contribution in [2.24, 2.45) is 0 Å². The van der Waals surface area contributed by atoms with Crippen molar-refractivity contribution in [3.05, 3.63) is 30.3 Å². The first-order chi connectivity index (χ1) is 10.6. The molecular weight excluding hydrogens is 294 g/mol. The number of nitrogens with zero attached hydrogens (tertiary/aromatic N) is 1. The van der Waals surface area contributed by atoms with E-state index in [2.05, 4.69) is 59.9 Å². The van der Waals surface area contributed by atoms with Gasteiger partial charge in [0.15, 0.2) is 0 Å². The standard InChI is InChI=1S/C17H29N3OS/c1-14(2)18-19-15(8-10-20-11-9-16(21)12-20)13-22-17-6-4-3-5-7-17/h3-7,14-16,18-19,21H,8-13H2,1-2H3/t15?,16-/m1/s1. The molecule has 0 aliphatic carbocycles. The third-order valence-corrected chi connectivity index (χ3v) is 4.99. The number of hydrazine groups is 1. The van der Waals surface area contributed by atoms with Crippen LogP contribution in [0.25, 0.3) is 0 Å². The van der Waals surface area contributed by atoms with Gasteiger partial charge in [0.05, 0.1) is 6.10 Å². The van der Waals surface area contributed by atoms with Crippen LogP contribution in [0.15, 0.2) is 35.2 Å². The highest BCUT2D eigenvalue weighted by atomic mass is 32.2. The Morgan fingerprint density at radius 2 is 2.05 bits per heavy atom. The lowest BCUT2D eigenvalue weighted by Crippen LogP contribution is -2.46. The first-order valence-corrected chi connectivity index (χ1v) is 9.21. The summed E-state index contributed by atoms with van der Waals surface area (Å²) in [6.07, 6.45) is 1.88. The molecule has 2 rings (SSSR count). The zero-order chi connectivity index (χ0) is 15.8. The van der Waals surface area contributed by atoms with Gasteiger partial charge in [-0.25, -0.2) is 0 Å². The second-order valence-corrected chi connectivity index (χ2v) is 7.39. The van der Waals surface area contributed by atoms with Gasteiger partial charge in [-0.05, 0) is 45.4 Å². The van der Waals surface area contributed by atoms with Gasteiger partial charge in [0, 0.05) is 35.8 Å². The Hall–Kier alpha value is -0.590. The van der Waals surface area contributed by atoms with E-state index in [0.717, 1.165) is 38.2 Å². The fraction of sp³-hybridized carbons (Fsp3) is 0.647. The van der Waals surface area contributed by atoms with Crippen LogP contribution in [0.1, 0.15) is 26.7 Å². The Morgan fingerprint density at radius 1 is 1.27 bits per heavy atom. The Bertz CT molecular complexity index is 416. The minimum absolute atomic E-state index is 0.126. The van der Waals surface area contributed by atoms with E-state index in [-0.39, 0.29) is 6.10 Å². The van der Waals surface area contributed by atoms with Gasteiger partial charge in [0.25, 0.3) is 0 Å². The van der Waals surface area contributed by atoms with Crippen LogP contribution in [0.4, 0.5) is 0 Å². The maximum Gasteiger partial charge on any atom is 0.0679 e. The first-order valence-electron chi connectivity index (χ1n) is 8.23. The third-order valence-electron chi connectivity index (χ3n) is 3.81. The summed E-state index contributed by atoms with van der Waals surface area (Å²) in [6.45, 7) is 7.19. The number of benzene rings is 1. The monoisotopic (exact) mass is 323 g/mol. The minimum atomic E-state index is -0.126. The summed E-state index contributed by atoms with van der Waals surface area (Å²) in [5.41, 5.74) is 6.80. The van der Waals surface area contributed by atoms with E-state index in [1.165, 1.54) is 4.90 Å². The van der Waals surface area contributed by atoms with Gasteiger partial charge in [0.2, 0.25) is 0 Å². The SMILES string of the molecule is CC(C)NNC(CCN1CC[C@@H](O)C1)CSc1ccccc1. The largest absolute Gasteiger partial charge is 0.392 e. The fourth-order valence-electron chi connectivity index (χ4n) is 2.55. The summed E-state index contributed by atoms with van der Waals surface area (Å²) in [5, 5.41) is 9.62. The molecule has 3 N–H and O–H groups in total. The molecule has 0 spiro atoms. The van der Waals surface area contributed by atoms with E-state index in [9.17, 15) is 5.11 Å². The van der Waals surface area contributed by atoms with Crippen LogP contribution in [0.3, 0.4) is 0 Å². The average Bonchev–Trinajstić information content (AvgIpc) is 2.93. The topological polar surface area (TPSA) is 47.5 Å². The van der Waals surface area contributed by atoms with Crippen LogP contribution in [0, 0.1) is 0 Å². The van der Waals surface area contributed by atoms with Gasteiger partial charge < -0.3 is 10.0 Å². The molecular formula is C17H29N3OS. The van der Waals surface area contributed by atoms with Crippen molar-refractivity contribution in [2.45, 2.75) is 49.8 Å². The molecule has 1 fully saturated rings. The molecule has 4 nitrogen and oxygen atoms in total. The van der Waals surface area contributed by atoms with Crippen molar-refractivity contribution in [3.63, 3.8) is 0 Å². The maximum atomic E-state index is 9.62. The number of β-amino-alcohol motifs (C(OH)–C–C–N with tert-alkyl or cyclic N) is 1. The number of hydrogen-bond donors (Lipinski definition) is 3. The fourth-order valence-corrected chi connectivity index (χ4v) is 3.54. The minimum Gasteiger partial charge on any atom is -0.392 e. The van der Waals surface area contributed by atoms with E-state index in [1.54, 1.807) is 0 Å². The van der Waals surface area contributed by atoms with Crippen LogP contribution < -0.4 is 10.9 Å². The molecule has 22 heavy (non-hydrogen) atoms. The van der Waals surface area contributed by atoms with Crippen molar-refractivity contribution in [3.8, 4) is 0 Å². The lowest BCUT2D eigenvalue weighted by atomic mass is 10.2. The normalized spacial score (nSPS) is 20.6. The molecule has 5 heteroatoms. The molecule has 1 unspecified atom stereocenters. The van der Waals surface area contributed by atoms with E-state index in [1.807, 2.05) is 11.8 Å². The number of rotatable bonds is 9. The summed E-state index contributed by atoms with van der Waals surface area (Å²) >= 11 is 1.89. The Balaban J connectivity index is 1.77. The number of likely N-dealkylation sites (tertiary alicyclic amines) is 1. The molecule has 0 bridgehead atoms. The second-order valence-electron chi connectivity index (χ2n) is 6.30. The lowest BCUT2D eigenvalue weighted by molar-refractivity contribution is 0.174. The van der Waals surface area contributed by atoms with E-state index in [0.29, 0.717) is 12.1 Å².